The van der Waals surface area contributed by atoms with Gasteiger partial charge in [0.15, 0.2) is 0 Å². The molecule has 0 unspecified atom stereocenters. The Balaban J connectivity index is 2.39. The summed E-state index contributed by atoms with van der Waals surface area (Å²) in [5, 5.41) is 1.45. The van der Waals surface area contributed by atoms with E-state index in [9.17, 15) is 0 Å². The molecule has 1 aromatic heterocycles. The van der Waals surface area contributed by atoms with E-state index in [-0.39, 0.29) is 0 Å². The highest BCUT2D eigenvalue weighted by Gasteiger charge is 2.14. The van der Waals surface area contributed by atoms with Crippen LogP contribution in [0, 0.1) is 6.92 Å². The zero-order chi connectivity index (χ0) is 10.4. The van der Waals surface area contributed by atoms with Crippen LogP contribution >= 0.6 is 11.3 Å². The van der Waals surface area contributed by atoms with Crippen molar-refractivity contribution in [2.75, 3.05) is 0 Å². The van der Waals surface area contributed by atoms with E-state index in [1.165, 1.54) is 39.6 Å². The molecule has 1 aliphatic rings. The largest absolute Gasteiger partial charge is 0.139 e. The topological polar surface area (TPSA) is 0 Å². The van der Waals surface area contributed by atoms with Crippen LogP contribution < -0.4 is 0 Å². The number of rotatable bonds is 0. The van der Waals surface area contributed by atoms with Crippen molar-refractivity contribution in [2.45, 2.75) is 26.7 Å². The molecule has 0 atom stereocenters. The first-order valence-corrected chi connectivity index (χ1v) is 6.25. The summed E-state index contributed by atoms with van der Waals surface area (Å²) in [6, 6.07) is 6.63. The van der Waals surface area contributed by atoms with Crippen molar-refractivity contribution in [1.29, 1.82) is 0 Å². The van der Waals surface area contributed by atoms with Gasteiger partial charge in [0.1, 0.15) is 0 Å². The number of benzene rings is 1. The molecule has 1 heteroatoms. The molecule has 1 aliphatic carbocycles. The second-order valence-electron chi connectivity index (χ2n) is 4.38. The fourth-order valence-corrected chi connectivity index (χ4v) is 3.55. The Hall–Kier alpha value is -1.08. The van der Waals surface area contributed by atoms with Gasteiger partial charge in [-0.1, -0.05) is 29.8 Å². The summed E-state index contributed by atoms with van der Waals surface area (Å²) in [5.74, 6) is 0. The molecule has 0 fully saturated rings. The number of thiophene rings is 1. The van der Waals surface area contributed by atoms with Crippen molar-refractivity contribution in [3.05, 3.63) is 39.8 Å². The van der Waals surface area contributed by atoms with Gasteiger partial charge >= 0.3 is 0 Å². The maximum absolute atomic E-state index is 2.37. The fraction of sp³-hybridized carbons (Fsp3) is 0.286. The predicted molar refractivity (Wildman–Crippen MR) is 68.5 cm³/mol. The predicted octanol–water partition coefficient (Wildman–Crippen LogP) is 4.56. The van der Waals surface area contributed by atoms with Crippen LogP contribution in [0.15, 0.2) is 23.8 Å². The third-order valence-corrected chi connectivity index (χ3v) is 4.58. The normalized spacial score (nSPS) is 15.2. The quantitative estimate of drug-likeness (QED) is 0.603. The summed E-state index contributed by atoms with van der Waals surface area (Å²) in [5.41, 5.74) is 4.42. The Morgan fingerprint density at radius 3 is 2.87 bits per heavy atom. The lowest BCUT2D eigenvalue weighted by Gasteiger charge is -2.08. The summed E-state index contributed by atoms with van der Waals surface area (Å²) in [7, 11) is 0. The highest BCUT2D eigenvalue weighted by atomic mass is 32.1. The lowest BCUT2D eigenvalue weighted by molar-refractivity contribution is 0.950. The molecular weight excluding hydrogens is 200 g/mol. The molecule has 2 aromatic rings. The zero-order valence-electron chi connectivity index (χ0n) is 9.13. The molecule has 3 rings (SSSR count). The molecule has 0 bridgehead atoms. The first-order chi connectivity index (χ1) is 7.25. The molecule has 0 aliphatic heterocycles. The third kappa shape index (κ3) is 1.34. The van der Waals surface area contributed by atoms with E-state index in [0.717, 1.165) is 0 Å². The van der Waals surface area contributed by atoms with E-state index in [0.29, 0.717) is 0 Å². The van der Waals surface area contributed by atoms with Crippen LogP contribution in [-0.2, 0) is 6.42 Å². The molecular formula is C14H14S. The van der Waals surface area contributed by atoms with E-state index in [2.05, 4.69) is 38.1 Å². The average molecular weight is 214 g/mol. The molecule has 0 nitrogen and oxygen atoms in total. The Kier molecular flexibility index (Phi) is 1.96. The SMILES string of the molecule is CC1=Cc2c(sc3c(C)cccc23)CC1. The van der Waals surface area contributed by atoms with Crippen molar-refractivity contribution in [1.82, 2.24) is 0 Å². The number of aryl methyl sites for hydroxylation is 2. The second kappa shape index (κ2) is 3.21. The molecule has 1 aromatic carbocycles. The van der Waals surface area contributed by atoms with Crippen LogP contribution in [0.3, 0.4) is 0 Å². The maximum atomic E-state index is 2.37. The minimum atomic E-state index is 1.23. The monoisotopic (exact) mass is 214 g/mol. The van der Waals surface area contributed by atoms with E-state index in [4.69, 9.17) is 0 Å². The number of hydrogen-bond acceptors (Lipinski definition) is 1. The summed E-state index contributed by atoms with van der Waals surface area (Å²) in [6.07, 6.45) is 4.84. The third-order valence-electron chi connectivity index (χ3n) is 3.16. The average Bonchev–Trinajstić information content (AvgIpc) is 2.58. The standard InChI is InChI=1S/C14H14S/c1-9-6-7-13-12(8-9)11-5-3-4-10(2)14(11)15-13/h3-5,8H,6-7H2,1-2H3. The van der Waals surface area contributed by atoms with Crippen LogP contribution in [-0.4, -0.2) is 0 Å². The van der Waals surface area contributed by atoms with Crippen molar-refractivity contribution in [3.63, 3.8) is 0 Å². The van der Waals surface area contributed by atoms with Gasteiger partial charge in [-0.2, -0.15) is 0 Å². The summed E-state index contributed by atoms with van der Waals surface area (Å²) >= 11 is 1.98. The van der Waals surface area contributed by atoms with Crippen molar-refractivity contribution >= 4 is 27.5 Å². The molecule has 0 amide bonds. The van der Waals surface area contributed by atoms with Crippen LogP contribution in [0.2, 0.25) is 0 Å². The summed E-state index contributed by atoms with van der Waals surface area (Å²) in [4.78, 5) is 1.57. The molecule has 0 spiro atoms. The molecule has 0 saturated carbocycles. The highest BCUT2D eigenvalue weighted by Crippen LogP contribution is 2.38. The molecule has 76 valence electrons. The van der Waals surface area contributed by atoms with Crippen LogP contribution in [0.1, 0.15) is 29.3 Å². The summed E-state index contributed by atoms with van der Waals surface area (Å²) in [6.45, 7) is 4.45. The van der Waals surface area contributed by atoms with Gasteiger partial charge in [0, 0.05) is 15.0 Å². The van der Waals surface area contributed by atoms with Gasteiger partial charge in [-0.25, -0.2) is 0 Å². The minimum Gasteiger partial charge on any atom is -0.139 e. The molecule has 0 N–H and O–H groups in total. The second-order valence-corrected chi connectivity index (χ2v) is 5.49. The number of hydrogen-bond donors (Lipinski definition) is 0. The van der Waals surface area contributed by atoms with Crippen LogP contribution in [0.5, 0.6) is 0 Å². The van der Waals surface area contributed by atoms with Crippen molar-refractivity contribution < 1.29 is 0 Å². The lowest BCUT2D eigenvalue weighted by Crippen LogP contribution is -1.92. The van der Waals surface area contributed by atoms with E-state index < -0.39 is 0 Å². The van der Waals surface area contributed by atoms with Gasteiger partial charge in [0.2, 0.25) is 0 Å². The first-order valence-electron chi connectivity index (χ1n) is 5.44. The minimum absolute atomic E-state index is 1.23. The molecule has 1 heterocycles. The molecule has 0 saturated heterocycles. The van der Waals surface area contributed by atoms with Crippen LogP contribution in [0.4, 0.5) is 0 Å². The zero-order valence-corrected chi connectivity index (χ0v) is 9.95. The van der Waals surface area contributed by atoms with Gasteiger partial charge in [-0.05, 0) is 37.8 Å². The highest BCUT2D eigenvalue weighted by molar-refractivity contribution is 7.19. The number of fused-ring (bicyclic) bond motifs is 3. The van der Waals surface area contributed by atoms with E-state index >= 15 is 0 Å². The molecule has 0 radical (unpaired) electrons. The van der Waals surface area contributed by atoms with Gasteiger partial charge in [-0.15, -0.1) is 11.3 Å². The number of allylic oxidation sites excluding steroid dienone is 1. The fourth-order valence-electron chi connectivity index (χ4n) is 2.30. The van der Waals surface area contributed by atoms with Gasteiger partial charge in [0.05, 0.1) is 0 Å². The lowest BCUT2D eigenvalue weighted by atomic mass is 9.97. The Morgan fingerprint density at radius 2 is 2.00 bits per heavy atom. The van der Waals surface area contributed by atoms with Gasteiger partial charge < -0.3 is 0 Å². The van der Waals surface area contributed by atoms with Crippen molar-refractivity contribution in [3.8, 4) is 0 Å². The Morgan fingerprint density at radius 1 is 1.13 bits per heavy atom. The molecule has 15 heavy (non-hydrogen) atoms. The first kappa shape index (κ1) is 9.17. The van der Waals surface area contributed by atoms with Gasteiger partial charge in [0.25, 0.3) is 0 Å². The Bertz CT molecular complexity index is 558. The smallest absolute Gasteiger partial charge is 0.0381 e. The Labute approximate surface area is 94.2 Å². The van der Waals surface area contributed by atoms with E-state index in [1.54, 1.807) is 4.88 Å². The maximum Gasteiger partial charge on any atom is 0.0381 e. The summed E-state index contributed by atoms with van der Waals surface area (Å²) < 4.78 is 1.48. The van der Waals surface area contributed by atoms with Crippen molar-refractivity contribution in [2.24, 2.45) is 0 Å². The van der Waals surface area contributed by atoms with E-state index in [1.807, 2.05) is 11.3 Å². The van der Waals surface area contributed by atoms with Crippen LogP contribution in [0.25, 0.3) is 16.2 Å². The van der Waals surface area contributed by atoms with Gasteiger partial charge in [-0.3, -0.25) is 0 Å².